The number of benzene rings is 1. The van der Waals surface area contributed by atoms with Gasteiger partial charge in [-0.15, -0.1) is 11.8 Å². The van der Waals surface area contributed by atoms with Crippen LogP contribution in [0, 0.1) is 13.8 Å². The van der Waals surface area contributed by atoms with Gasteiger partial charge in [0.25, 0.3) is 22.9 Å². The Bertz CT molecular complexity index is 4040. The van der Waals surface area contributed by atoms with Crippen molar-refractivity contribution in [1.82, 2.24) is 59.5 Å². The number of thioether (sulfide) groups is 1. The summed E-state index contributed by atoms with van der Waals surface area (Å²) in [7, 11) is 0. The molecule has 6 aliphatic rings. The van der Waals surface area contributed by atoms with Gasteiger partial charge in [0.15, 0.2) is 11.6 Å². The minimum Gasteiger partial charge on any atom is -0.368 e. The van der Waals surface area contributed by atoms with Gasteiger partial charge in [0, 0.05) is 111 Å². The lowest BCUT2D eigenvalue weighted by Crippen LogP contribution is -2.54. The minimum absolute atomic E-state index is 0.00445. The Morgan fingerprint density at radius 2 is 1.14 bits per heavy atom. The average molecular weight is 1210 g/mol. The first-order chi connectivity index (χ1) is 42.6. The molecule has 0 spiro atoms. The molecule has 4 aliphatic heterocycles. The first-order valence-corrected chi connectivity index (χ1v) is 31.3. The number of aromatic nitrogens is 8. The molecule has 13 rings (SSSR count). The number of anilines is 6. The average Bonchev–Trinajstić information content (AvgIpc) is 1.34. The fourth-order valence-corrected chi connectivity index (χ4v) is 14.3. The fraction of sp³-hybridized carbons (Fsp3) is 0.429. The molecule has 2 saturated carbocycles. The number of hydrogen-bond donors (Lipinski definition) is 4. The molecule has 7 aromatic rings. The number of nitrogens with one attached hydrogen (secondary N) is 4. The Kier molecular flexibility index (Phi) is 17.2. The summed E-state index contributed by atoms with van der Waals surface area (Å²) in [6.07, 6.45) is 15.0. The van der Waals surface area contributed by atoms with Crippen molar-refractivity contribution in [3.05, 3.63) is 121 Å². The second-order valence-corrected chi connectivity index (χ2v) is 24.4. The number of imide groups is 2. The standard InChI is InChI=1S/C39H41N9O6S.C24H29N7O2/c1-22-27-21-41-39(44-34(27)47(24-6-3-4-7-24)37(53)32(22)23(2)49)42-30-12-10-25(20-40-30)46-16-14-45(15-17-46)18-19-55-29-9-5-8-26-33(29)38(54)48(36(26)52)28-11-13-31(50)43-35(28)51;1-15-19-14-27-24(28-20-8-7-18(13-26-20)30-11-9-25-10-12-30)29-22(19)31(17-5-3-4-6-17)23(33)21(15)16(2)32/h5,8-10,12,20-21,24,28H,3-4,6-7,11,13-19H2,1-2H3,(H,43,50,51)(H,40,41,42,44);7-8,13-14,17,25H,3-6,9-12H2,1-2H3,(H,26,27,28,29). The van der Waals surface area contributed by atoms with Crippen LogP contribution in [0.3, 0.4) is 0 Å². The maximum absolute atomic E-state index is 13.5. The zero-order valence-electron chi connectivity index (χ0n) is 49.8. The summed E-state index contributed by atoms with van der Waals surface area (Å²) in [5.74, 6) is 0.137. The predicted molar refractivity (Wildman–Crippen MR) is 335 cm³/mol. The Labute approximate surface area is 511 Å². The minimum atomic E-state index is -0.989. The summed E-state index contributed by atoms with van der Waals surface area (Å²) in [5, 5.41) is 13.4. The smallest absolute Gasteiger partial charge is 0.263 e. The van der Waals surface area contributed by atoms with E-state index < -0.39 is 29.7 Å². The van der Waals surface area contributed by atoms with Crippen LogP contribution in [-0.4, -0.2) is 155 Å². The molecule has 456 valence electrons. The van der Waals surface area contributed by atoms with E-state index in [-0.39, 0.29) is 64.3 Å². The molecule has 4 amide bonds. The molecule has 1 atom stereocenters. The lowest BCUT2D eigenvalue weighted by atomic mass is 10.0. The third-order valence-electron chi connectivity index (χ3n) is 17.8. The number of ketones is 2. The van der Waals surface area contributed by atoms with Crippen molar-refractivity contribution >= 4 is 104 Å². The predicted octanol–water partition coefficient (Wildman–Crippen LogP) is 6.84. The number of fused-ring (bicyclic) bond motifs is 3. The fourth-order valence-electron chi connectivity index (χ4n) is 13.2. The van der Waals surface area contributed by atoms with Crippen LogP contribution in [0.2, 0.25) is 0 Å². The number of nitrogens with zero attached hydrogens (tertiary/aromatic N) is 12. The molecule has 1 aromatic carbocycles. The quantitative estimate of drug-likeness (QED) is 0.0464. The lowest BCUT2D eigenvalue weighted by Gasteiger charge is -2.35. The van der Waals surface area contributed by atoms with Gasteiger partial charge in [-0.05, 0) is 107 Å². The number of carbonyl (C=O) groups is 6. The molecule has 88 heavy (non-hydrogen) atoms. The highest BCUT2D eigenvalue weighted by molar-refractivity contribution is 7.99. The zero-order chi connectivity index (χ0) is 61.3. The van der Waals surface area contributed by atoms with Crippen molar-refractivity contribution in [2.24, 2.45) is 0 Å². The van der Waals surface area contributed by atoms with E-state index in [2.05, 4.69) is 55.9 Å². The number of Topliss-reactive ketones (excluding diaryl/α,β-unsaturated/α-hetero) is 2. The van der Waals surface area contributed by atoms with Gasteiger partial charge < -0.3 is 25.8 Å². The van der Waals surface area contributed by atoms with Crippen LogP contribution in [0.5, 0.6) is 0 Å². The number of carbonyl (C=O) groups excluding carboxylic acids is 6. The van der Waals surface area contributed by atoms with E-state index in [1.807, 2.05) is 42.7 Å². The first kappa shape index (κ1) is 59.5. The third kappa shape index (κ3) is 11.9. The molecular weight excluding hydrogens is 1140 g/mol. The van der Waals surface area contributed by atoms with Gasteiger partial charge in [-0.2, -0.15) is 9.97 Å². The summed E-state index contributed by atoms with van der Waals surface area (Å²) >= 11 is 1.52. The summed E-state index contributed by atoms with van der Waals surface area (Å²) in [4.78, 5) is 139. The number of piperidine rings is 1. The Morgan fingerprint density at radius 1 is 0.614 bits per heavy atom. The number of aryl methyl sites for hydroxylation is 2. The second-order valence-electron chi connectivity index (χ2n) is 23.3. The van der Waals surface area contributed by atoms with Gasteiger partial charge in [-0.3, -0.25) is 62.6 Å². The maximum Gasteiger partial charge on any atom is 0.263 e. The summed E-state index contributed by atoms with van der Waals surface area (Å²) in [5.41, 5.74) is 4.94. The Balaban J connectivity index is 0.000000194. The van der Waals surface area contributed by atoms with Crippen molar-refractivity contribution in [1.29, 1.82) is 0 Å². The SMILES string of the molecule is CC(=O)c1c(C)c2cnc(Nc3ccc(N4CCN(CCSc5cccc6c5C(=O)N(C5CCC(=O)NC5=O)C6=O)CC4)cn3)nc2n(C2CCCC2)c1=O.CC(=O)c1c(C)c2cnc(Nc3ccc(N4CCNCC4)cn3)nc2n(C2CCCC2)c1=O. The molecule has 10 heterocycles. The number of rotatable bonds is 15. The largest absolute Gasteiger partial charge is 0.368 e. The monoisotopic (exact) mass is 1210 g/mol. The number of amides is 4. The molecular formula is C63H70N16O8S. The molecule has 4 N–H and O–H groups in total. The number of pyridine rings is 4. The van der Waals surface area contributed by atoms with E-state index in [1.165, 1.54) is 25.6 Å². The molecule has 24 nitrogen and oxygen atoms in total. The zero-order valence-corrected chi connectivity index (χ0v) is 50.6. The highest BCUT2D eigenvalue weighted by Gasteiger charge is 2.46. The summed E-state index contributed by atoms with van der Waals surface area (Å²) < 4.78 is 3.42. The van der Waals surface area contributed by atoms with E-state index in [0.717, 1.165) is 132 Å². The number of hydrogen-bond acceptors (Lipinski definition) is 21. The molecule has 25 heteroatoms. The van der Waals surface area contributed by atoms with Gasteiger partial charge in [-0.25, -0.2) is 19.9 Å². The van der Waals surface area contributed by atoms with Crippen LogP contribution in [0.4, 0.5) is 34.9 Å². The van der Waals surface area contributed by atoms with E-state index >= 15 is 0 Å². The van der Waals surface area contributed by atoms with E-state index in [9.17, 15) is 38.4 Å². The molecule has 2 aliphatic carbocycles. The van der Waals surface area contributed by atoms with Crippen LogP contribution in [-0.2, 0) is 9.59 Å². The van der Waals surface area contributed by atoms with Gasteiger partial charge in [0.1, 0.15) is 29.0 Å². The van der Waals surface area contributed by atoms with E-state index in [1.54, 1.807) is 47.5 Å². The molecule has 0 radical (unpaired) electrons. The van der Waals surface area contributed by atoms with Crippen LogP contribution >= 0.6 is 11.8 Å². The Hall–Kier alpha value is -8.81. The molecule has 5 fully saturated rings. The second kappa shape index (κ2) is 25.5. The maximum atomic E-state index is 13.5. The first-order valence-electron chi connectivity index (χ1n) is 30.3. The van der Waals surface area contributed by atoms with Gasteiger partial charge in [-0.1, -0.05) is 31.7 Å². The molecule has 0 bridgehead atoms. The summed E-state index contributed by atoms with van der Waals surface area (Å²) in [6, 6.07) is 12.1. The van der Waals surface area contributed by atoms with Crippen molar-refractivity contribution in [2.45, 2.75) is 115 Å². The van der Waals surface area contributed by atoms with Gasteiger partial charge >= 0.3 is 0 Å². The van der Waals surface area contributed by atoms with Crippen molar-refractivity contribution in [3.8, 4) is 0 Å². The van der Waals surface area contributed by atoms with Crippen LogP contribution in [0.1, 0.15) is 143 Å². The van der Waals surface area contributed by atoms with Gasteiger partial charge in [0.05, 0.1) is 46.0 Å². The van der Waals surface area contributed by atoms with Crippen molar-refractivity contribution in [3.63, 3.8) is 0 Å². The molecule has 3 saturated heterocycles. The third-order valence-corrected chi connectivity index (χ3v) is 18.8. The van der Waals surface area contributed by atoms with E-state index in [4.69, 9.17) is 9.97 Å². The van der Waals surface area contributed by atoms with Crippen LogP contribution in [0.25, 0.3) is 22.1 Å². The molecule has 6 aromatic heterocycles. The Morgan fingerprint density at radius 3 is 1.62 bits per heavy atom. The highest BCUT2D eigenvalue weighted by Crippen LogP contribution is 2.37. The normalized spacial score (nSPS) is 18.5. The van der Waals surface area contributed by atoms with Crippen LogP contribution < -0.4 is 42.2 Å². The van der Waals surface area contributed by atoms with Gasteiger partial charge in [0.2, 0.25) is 23.7 Å². The topological polar surface area (TPSA) is 285 Å². The van der Waals surface area contributed by atoms with Crippen LogP contribution in [0.15, 0.2) is 81.7 Å². The highest BCUT2D eigenvalue weighted by atomic mass is 32.2. The van der Waals surface area contributed by atoms with Crippen molar-refractivity contribution in [2.75, 3.05) is 85.1 Å². The number of piperazine rings is 2. The van der Waals surface area contributed by atoms with E-state index in [0.29, 0.717) is 67.6 Å². The lowest BCUT2D eigenvalue weighted by molar-refractivity contribution is -0.136. The van der Waals surface area contributed by atoms with Crippen molar-refractivity contribution < 1.29 is 28.8 Å². The molecule has 1 unspecified atom stereocenters. The summed E-state index contributed by atoms with van der Waals surface area (Å²) in [6.45, 7) is 14.4.